The molecule has 0 aromatic heterocycles. The maximum atomic E-state index is 12.2. The molecule has 1 N–H and O–H groups in total. The number of allylic oxidation sites excluding steroid dienone is 18. The van der Waals surface area contributed by atoms with Crippen molar-refractivity contribution in [2.24, 2.45) is 0 Å². The summed E-state index contributed by atoms with van der Waals surface area (Å²) < 4.78 is 11.1. The minimum Gasteiger partial charge on any atom is -0.457 e. The Labute approximate surface area is 302 Å². The Hall–Kier alpha value is -2.95. The van der Waals surface area contributed by atoms with Gasteiger partial charge in [0, 0.05) is 13.0 Å². The summed E-state index contributed by atoms with van der Waals surface area (Å²) in [5.41, 5.74) is 0. The van der Waals surface area contributed by atoms with Crippen molar-refractivity contribution >= 4 is 5.97 Å². The molecule has 0 amide bonds. The molecule has 0 spiro atoms. The van der Waals surface area contributed by atoms with Crippen LogP contribution in [0.15, 0.2) is 109 Å². The number of esters is 1. The third-order valence-electron chi connectivity index (χ3n) is 7.59. The van der Waals surface area contributed by atoms with Crippen LogP contribution in [0.25, 0.3) is 0 Å². The Morgan fingerprint density at radius 2 is 0.857 bits per heavy atom. The summed E-state index contributed by atoms with van der Waals surface area (Å²) in [6.07, 6.45) is 59.9. The van der Waals surface area contributed by atoms with Gasteiger partial charge in [-0.25, -0.2) is 0 Å². The van der Waals surface area contributed by atoms with Crippen LogP contribution in [0.3, 0.4) is 0 Å². The van der Waals surface area contributed by atoms with Crippen molar-refractivity contribution in [2.75, 3.05) is 19.8 Å². The monoisotopic (exact) mass is 677 g/mol. The Kier molecular flexibility index (Phi) is 38.7. The molecular weight excluding hydrogens is 604 g/mol. The van der Waals surface area contributed by atoms with Crippen LogP contribution >= 0.6 is 0 Å². The van der Waals surface area contributed by atoms with Crippen LogP contribution in [0.5, 0.6) is 0 Å². The highest BCUT2D eigenvalue weighted by atomic mass is 16.6. The Morgan fingerprint density at radius 3 is 1.29 bits per heavy atom. The molecule has 1 unspecified atom stereocenters. The second-order valence-corrected chi connectivity index (χ2v) is 12.2. The fraction of sp³-hybridized carbons (Fsp3) is 0.578. The summed E-state index contributed by atoms with van der Waals surface area (Å²) in [7, 11) is 0. The number of hydrogen-bond donors (Lipinski definition) is 1. The van der Waals surface area contributed by atoms with Crippen molar-refractivity contribution in [1.29, 1.82) is 0 Å². The van der Waals surface area contributed by atoms with Gasteiger partial charge in [0.25, 0.3) is 0 Å². The van der Waals surface area contributed by atoms with Gasteiger partial charge in [-0.3, -0.25) is 4.79 Å². The molecule has 4 nitrogen and oxygen atoms in total. The van der Waals surface area contributed by atoms with Crippen LogP contribution in [0.4, 0.5) is 0 Å². The second-order valence-electron chi connectivity index (χ2n) is 12.2. The molecule has 0 aromatic rings. The molecule has 0 bridgehead atoms. The molecule has 276 valence electrons. The molecule has 0 saturated heterocycles. The first kappa shape index (κ1) is 46.1. The SMILES string of the molecule is CC/C=C\C/C=C\C/C=C\C/C=C\C/C=C\C/C=C\CCCCC(=O)OC(CO)COCCCCCCCC/C=C\C/C=C\C/C=C\CC. The second kappa shape index (κ2) is 41.2. The maximum Gasteiger partial charge on any atom is 0.306 e. The van der Waals surface area contributed by atoms with Crippen molar-refractivity contribution in [2.45, 2.75) is 148 Å². The zero-order valence-corrected chi connectivity index (χ0v) is 31.4. The number of unbranched alkanes of at least 4 members (excludes halogenated alkanes) is 8. The van der Waals surface area contributed by atoms with Gasteiger partial charge in [-0.05, 0) is 96.3 Å². The third-order valence-corrected chi connectivity index (χ3v) is 7.59. The number of ether oxygens (including phenoxy) is 2. The van der Waals surface area contributed by atoms with Crippen LogP contribution < -0.4 is 0 Å². The molecule has 1 atom stereocenters. The highest BCUT2D eigenvalue weighted by Crippen LogP contribution is 2.09. The quantitative estimate of drug-likeness (QED) is 0.0419. The number of carbonyl (C=O) groups excluding carboxylic acids is 1. The largest absolute Gasteiger partial charge is 0.457 e. The van der Waals surface area contributed by atoms with Gasteiger partial charge in [-0.1, -0.05) is 149 Å². The Morgan fingerprint density at radius 1 is 0.490 bits per heavy atom. The Balaban J connectivity index is 3.63. The number of aliphatic hydroxyl groups is 1. The third kappa shape index (κ3) is 39.4. The average molecular weight is 677 g/mol. The van der Waals surface area contributed by atoms with Gasteiger partial charge in [0.05, 0.1) is 13.2 Å². The Bertz CT molecular complexity index is 976. The normalized spacial score (nSPS) is 13.6. The van der Waals surface area contributed by atoms with E-state index in [4.69, 9.17) is 9.47 Å². The summed E-state index contributed by atoms with van der Waals surface area (Å²) in [5, 5.41) is 9.57. The fourth-order valence-electron chi connectivity index (χ4n) is 4.75. The van der Waals surface area contributed by atoms with E-state index in [0.717, 1.165) is 96.3 Å². The lowest BCUT2D eigenvalue weighted by atomic mass is 10.1. The van der Waals surface area contributed by atoms with Crippen molar-refractivity contribution < 1.29 is 19.4 Å². The smallest absolute Gasteiger partial charge is 0.306 e. The minimum atomic E-state index is -0.572. The van der Waals surface area contributed by atoms with Gasteiger partial charge >= 0.3 is 5.97 Å². The molecule has 49 heavy (non-hydrogen) atoms. The van der Waals surface area contributed by atoms with E-state index in [0.29, 0.717) is 13.0 Å². The molecule has 0 radical (unpaired) electrons. The first-order chi connectivity index (χ1) is 24.2. The molecule has 0 aliphatic rings. The van der Waals surface area contributed by atoms with E-state index in [-0.39, 0.29) is 19.2 Å². The highest BCUT2D eigenvalue weighted by molar-refractivity contribution is 5.69. The summed E-state index contributed by atoms with van der Waals surface area (Å²) in [4.78, 5) is 12.2. The molecule has 4 heteroatoms. The van der Waals surface area contributed by atoms with Crippen LogP contribution in [-0.4, -0.2) is 37.0 Å². The number of hydrogen-bond acceptors (Lipinski definition) is 4. The van der Waals surface area contributed by atoms with Crippen LogP contribution in [0, 0.1) is 0 Å². The van der Waals surface area contributed by atoms with E-state index in [2.05, 4.69) is 123 Å². The lowest BCUT2D eigenvalue weighted by molar-refractivity contribution is -0.154. The van der Waals surface area contributed by atoms with Gasteiger partial charge in [-0.2, -0.15) is 0 Å². The standard InChI is InChI=1S/C45H72O4/c1-3-5-7-9-11-13-15-17-19-21-22-23-24-25-26-28-30-32-34-36-38-40-45(47)49-44(42-46)43-48-41-39-37-35-33-31-29-27-20-18-16-14-12-10-8-6-4-2/h5-8,11-14,17-20,22-23,25-26,30,32,44,46H,3-4,9-10,15-16,21,24,27-29,31,33-43H2,1-2H3/b7-5-,8-6-,13-11-,14-12-,19-17-,20-18-,23-22-,26-25-,32-30-. The van der Waals surface area contributed by atoms with Crippen molar-refractivity contribution in [3.63, 3.8) is 0 Å². The van der Waals surface area contributed by atoms with E-state index < -0.39 is 6.10 Å². The molecule has 0 heterocycles. The van der Waals surface area contributed by atoms with Gasteiger partial charge < -0.3 is 14.6 Å². The van der Waals surface area contributed by atoms with Crippen LogP contribution in [0.1, 0.15) is 142 Å². The van der Waals surface area contributed by atoms with Gasteiger partial charge in [0.2, 0.25) is 0 Å². The molecule has 0 fully saturated rings. The molecular formula is C45H72O4. The first-order valence-corrected chi connectivity index (χ1v) is 19.5. The number of rotatable bonds is 34. The highest BCUT2D eigenvalue weighted by Gasteiger charge is 2.13. The maximum absolute atomic E-state index is 12.2. The molecule has 0 saturated carbocycles. The fourth-order valence-corrected chi connectivity index (χ4v) is 4.75. The topological polar surface area (TPSA) is 55.8 Å². The summed E-state index contributed by atoms with van der Waals surface area (Å²) in [6.45, 7) is 5.02. The summed E-state index contributed by atoms with van der Waals surface area (Å²) in [6, 6.07) is 0. The van der Waals surface area contributed by atoms with Gasteiger partial charge in [-0.15, -0.1) is 0 Å². The zero-order valence-electron chi connectivity index (χ0n) is 31.4. The molecule has 0 aromatic carbocycles. The van der Waals surface area contributed by atoms with Crippen molar-refractivity contribution in [1.82, 2.24) is 0 Å². The minimum absolute atomic E-state index is 0.203. The summed E-state index contributed by atoms with van der Waals surface area (Å²) in [5.74, 6) is -0.253. The van der Waals surface area contributed by atoms with Gasteiger partial charge in [0.15, 0.2) is 0 Å². The summed E-state index contributed by atoms with van der Waals surface area (Å²) >= 11 is 0. The van der Waals surface area contributed by atoms with E-state index in [1.807, 2.05) is 0 Å². The zero-order chi connectivity index (χ0) is 35.6. The lowest BCUT2D eigenvalue weighted by Crippen LogP contribution is -2.27. The molecule has 0 rings (SSSR count). The van der Waals surface area contributed by atoms with Crippen molar-refractivity contribution in [3.05, 3.63) is 109 Å². The number of carbonyl (C=O) groups is 1. The lowest BCUT2D eigenvalue weighted by Gasteiger charge is -2.15. The number of aliphatic hydroxyl groups excluding tert-OH is 1. The molecule has 0 aliphatic carbocycles. The van der Waals surface area contributed by atoms with E-state index in [1.54, 1.807) is 0 Å². The predicted octanol–water partition coefficient (Wildman–Crippen LogP) is 12.8. The molecule has 0 aliphatic heterocycles. The van der Waals surface area contributed by atoms with E-state index in [9.17, 15) is 9.90 Å². The van der Waals surface area contributed by atoms with Crippen LogP contribution in [0.2, 0.25) is 0 Å². The average Bonchev–Trinajstić information content (AvgIpc) is 3.11. The van der Waals surface area contributed by atoms with Gasteiger partial charge in [0.1, 0.15) is 6.10 Å². The van der Waals surface area contributed by atoms with E-state index >= 15 is 0 Å². The first-order valence-electron chi connectivity index (χ1n) is 19.5. The van der Waals surface area contributed by atoms with Crippen molar-refractivity contribution in [3.8, 4) is 0 Å². The predicted molar refractivity (Wildman–Crippen MR) is 214 cm³/mol. The van der Waals surface area contributed by atoms with E-state index in [1.165, 1.54) is 25.7 Å². The van der Waals surface area contributed by atoms with Crippen LogP contribution in [-0.2, 0) is 14.3 Å².